The van der Waals surface area contributed by atoms with E-state index in [0.717, 1.165) is 0 Å². The topological polar surface area (TPSA) is 202 Å². The minimum absolute atomic E-state index is 0. The second-order valence-corrected chi connectivity index (χ2v) is 11.9. The first-order chi connectivity index (χ1) is 19.5. The number of hydrogen-bond acceptors (Lipinski definition) is 9. The molecule has 1 aliphatic rings. The lowest BCUT2D eigenvalue weighted by molar-refractivity contribution is -0.133. The molecule has 1 aliphatic heterocycles. The highest BCUT2D eigenvalue weighted by molar-refractivity contribution is 5.86. The Morgan fingerprint density at radius 3 is 1.23 bits per heavy atom. The fraction of sp³-hybridized carbons (Fsp3) is 0.833. The van der Waals surface area contributed by atoms with Gasteiger partial charge in [-0.15, -0.1) is 0 Å². The molecular formula is C30H62N8O5. The van der Waals surface area contributed by atoms with E-state index in [1.165, 1.54) is 0 Å². The largest absolute Gasteiger partial charge is 0.369 e. The monoisotopic (exact) mass is 614 g/mol. The van der Waals surface area contributed by atoms with Crippen molar-refractivity contribution >= 4 is 29.4 Å². The van der Waals surface area contributed by atoms with E-state index in [9.17, 15) is 24.0 Å². The third kappa shape index (κ3) is 16.2. The summed E-state index contributed by atoms with van der Waals surface area (Å²) in [4.78, 5) is 68.3. The normalized spacial score (nSPS) is 18.1. The van der Waals surface area contributed by atoms with E-state index in [2.05, 4.69) is 0 Å². The highest BCUT2D eigenvalue weighted by atomic mass is 16.2. The van der Waals surface area contributed by atoms with Gasteiger partial charge in [0.2, 0.25) is 23.6 Å². The molecule has 0 radical (unpaired) electrons. The van der Waals surface area contributed by atoms with Gasteiger partial charge in [0, 0.05) is 63.7 Å². The highest BCUT2D eigenvalue weighted by Gasteiger charge is 2.36. The number of primary amides is 4. The molecule has 252 valence electrons. The maximum absolute atomic E-state index is 12.8. The number of nitrogens with two attached hydrogens (primary N) is 4. The Balaban J connectivity index is 0. The summed E-state index contributed by atoms with van der Waals surface area (Å²) in [7, 11) is 0. The van der Waals surface area contributed by atoms with E-state index < -0.39 is 35.1 Å². The van der Waals surface area contributed by atoms with Crippen molar-refractivity contribution in [2.75, 3.05) is 72.0 Å². The van der Waals surface area contributed by atoms with Crippen molar-refractivity contribution < 1.29 is 24.0 Å². The Hall–Kier alpha value is -2.61. The molecule has 13 nitrogen and oxygen atoms in total. The second kappa shape index (κ2) is 21.2. The van der Waals surface area contributed by atoms with Crippen LogP contribution in [0, 0.1) is 17.3 Å². The minimum atomic E-state index is -0.604. The maximum Gasteiger partial charge on any atom is 0.234 e. The zero-order valence-corrected chi connectivity index (χ0v) is 27.1. The van der Waals surface area contributed by atoms with Gasteiger partial charge < -0.3 is 22.9 Å². The third-order valence-electron chi connectivity index (χ3n) is 8.04. The molecule has 1 heterocycles. The van der Waals surface area contributed by atoms with Gasteiger partial charge in [-0.05, 0) is 18.8 Å². The van der Waals surface area contributed by atoms with Crippen molar-refractivity contribution in [3.8, 4) is 0 Å². The first kappa shape index (κ1) is 42.5. The molecule has 1 fully saturated rings. The lowest BCUT2D eigenvalue weighted by Crippen LogP contribution is -2.53. The van der Waals surface area contributed by atoms with Crippen LogP contribution in [0.25, 0.3) is 0 Å². The number of amides is 4. The average Bonchev–Trinajstić information content (AvgIpc) is 2.89. The molecule has 2 atom stereocenters. The Morgan fingerprint density at radius 2 is 0.953 bits per heavy atom. The standard InChI is InChI=1S/C27H52N8O5.C2H6.CH4/c1-19(2)25(39)27(4,5)20(3)6-7-21(26(31)40)35-14-12-33(17-23(29)37)10-8-32(16-22(28)36)9-11-34(13-15-35)18-24(30)38;1-2;/h19-21H,6-18H2,1-5H3,(H2,28,36)(H2,29,37)(H2,30,38)(H2,31,40);1-2H3;1H4. The van der Waals surface area contributed by atoms with Gasteiger partial charge in [0.25, 0.3) is 0 Å². The van der Waals surface area contributed by atoms with Crippen molar-refractivity contribution in [1.82, 2.24) is 19.6 Å². The van der Waals surface area contributed by atoms with Crippen LogP contribution in [0.2, 0.25) is 0 Å². The fourth-order valence-electron chi connectivity index (χ4n) is 5.26. The molecule has 0 saturated carbocycles. The molecule has 2 unspecified atom stereocenters. The lowest BCUT2D eigenvalue weighted by Gasteiger charge is -2.37. The Bertz CT molecular complexity index is 851. The number of rotatable bonds is 14. The summed E-state index contributed by atoms with van der Waals surface area (Å²) in [6, 6.07) is -0.604. The van der Waals surface area contributed by atoms with Crippen LogP contribution in [0.4, 0.5) is 0 Å². The number of ketones is 1. The van der Waals surface area contributed by atoms with Crippen LogP contribution in [0.3, 0.4) is 0 Å². The van der Waals surface area contributed by atoms with Gasteiger partial charge >= 0.3 is 0 Å². The summed E-state index contributed by atoms with van der Waals surface area (Å²) < 4.78 is 0. The number of Topliss-reactive ketones (excluding diaryl/α,β-unsaturated/α-hetero) is 1. The van der Waals surface area contributed by atoms with Crippen LogP contribution in [0.1, 0.15) is 68.7 Å². The molecule has 13 heteroatoms. The van der Waals surface area contributed by atoms with E-state index in [1.807, 2.05) is 68.1 Å². The van der Waals surface area contributed by atoms with Gasteiger partial charge in [0.05, 0.1) is 25.7 Å². The molecule has 4 amide bonds. The Morgan fingerprint density at radius 1 is 0.628 bits per heavy atom. The molecule has 0 aromatic rings. The molecule has 0 aliphatic carbocycles. The third-order valence-corrected chi connectivity index (χ3v) is 8.04. The van der Waals surface area contributed by atoms with Gasteiger partial charge in [-0.25, -0.2) is 0 Å². The summed E-state index contributed by atoms with van der Waals surface area (Å²) in [5, 5.41) is 0. The lowest BCUT2D eigenvalue weighted by atomic mass is 9.71. The quantitative estimate of drug-likeness (QED) is 0.205. The second-order valence-electron chi connectivity index (χ2n) is 11.9. The van der Waals surface area contributed by atoms with Crippen molar-refractivity contribution in [2.45, 2.75) is 74.8 Å². The van der Waals surface area contributed by atoms with Crippen molar-refractivity contribution in [1.29, 1.82) is 0 Å². The molecule has 1 rings (SSSR count). The average molecular weight is 615 g/mol. The van der Waals surface area contributed by atoms with E-state index in [-0.39, 0.29) is 44.7 Å². The molecule has 0 aromatic carbocycles. The smallest absolute Gasteiger partial charge is 0.234 e. The Labute approximate surface area is 260 Å². The number of hydrogen-bond donors (Lipinski definition) is 4. The SMILES string of the molecule is C.CC.CC(C)C(=O)C(C)(C)C(C)CCC(C(N)=O)N1CCN(CC(N)=O)CCN(CC(N)=O)CCN(CC(N)=O)CC1. The van der Waals surface area contributed by atoms with Crippen LogP contribution < -0.4 is 22.9 Å². The van der Waals surface area contributed by atoms with E-state index in [0.29, 0.717) is 65.2 Å². The molecule has 0 spiro atoms. The summed E-state index contributed by atoms with van der Waals surface area (Å²) >= 11 is 0. The molecular weight excluding hydrogens is 552 g/mol. The van der Waals surface area contributed by atoms with Crippen LogP contribution in [0.5, 0.6) is 0 Å². The maximum atomic E-state index is 12.8. The van der Waals surface area contributed by atoms with Crippen LogP contribution in [-0.2, 0) is 24.0 Å². The summed E-state index contributed by atoms with van der Waals surface area (Å²) in [6.45, 7) is 17.3. The summed E-state index contributed by atoms with van der Waals surface area (Å²) in [6.07, 6.45) is 1.08. The first-order valence-electron chi connectivity index (χ1n) is 15.1. The minimum Gasteiger partial charge on any atom is -0.369 e. The zero-order valence-electron chi connectivity index (χ0n) is 27.1. The van der Waals surface area contributed by atoms with Crippen molar-refractivity contribution in [2.24, 2.45) is 40.2 Å². The van der Waals surface area contributed by atoms with Gasteiger partial charge in [-0.1, -0.05) is 55.9 Å². The van der Waals surface area contributed by atoms with E-state index in [4.69, 9.17) is 22.9 Å². The number of nitrogens with zero attached hydrogens (tertiary/aromatic N) is 4. The van der Waals surface area contributed by atoms with Crippen molar-refractivity contribution in [3.05, 3.63) is 0 Å². The highest BCUT2D eigenvalue weighted by Crippen LogP contribution is 2.34. The predicted octanol–water partition coefficient (Wildman–Crippen LogP) is -0.152. The Kier molecular flexibility index (Phi) is 20.9. The van der Waals surface area contributed by atoms with Crippen LogP contribution in [0.15, 0.2) is 0 Å². The van der Waals surface area contributed by atoms with Crippen LogP contribution in [-0.4, -0.2) is 127 Å². The van der Waals surface area contributed by atoms with Crippen LogP contribution >= 0.6 is 0 Å². The van der Waals surface area contributed by atoms with Gasteiger partial charge in [-0.3, -0.25) is 43.6 Å². The molecule has 1 saturated heterocycles. The molecule has 0 aromatic heterocycles. The predicted molar refractivity (Wildman–Crippen MR) is 172 cm³/mol. The van der Waals surface area contributed by atoms with Gasteiger partial charge in [0.1, 0.15) is 5.78 Å². The van der Waals surface area contributed by atoms with Crippen molar-refractivity contribution in [3.63, 3.8) is 0 Å². The molecule has 8 N–H and O–H groups in total. The van der Waals surface area contributed by atoms with Gasteiger partial charge in [-0.2, -0.15) is 0 Å². The summed E-state index contributed by atoms with van der Waals surface area (Å²) in [5.41, 5.74) is 21.8. The van der Waals surface area contributed by atoms with E-state index >= 15 is 0 Å². The molecule has 0 bridgehead atoms. The first-order valence-corrected chi connectivity index (χ1v) is 15.1. The number of carbonyl (C=O) groups excluding carboxylic acids is 5. The molecule has 43 heavy (non-hydrogen) atoms. The number of carbonyl (C=O) groups is 5. The fourth-order valence-corrected chi connectivity index (χ4v) is 5.26. The van der Waals surface area contributed by atoms with Gasteiger partial charge in [0.15, 0.2) is 0 Å². The summed E-state index contributed by atoms with van der Waals surface area (Å²) in [5.74, 6) is -1.80. The zero-order chi connectivity index (χ0) is 32.6. The van der Waals surface area contributed by atoms with E-state index in [1.54, 1.807) is 0 Å².